The summed E-state index contributed by atoms with van der Waals surface area (Å²) in [4.78, 5) is 33.6. The van der Waals surface area contributed by atoms with Gasteiger partial charge < -0.3 is 14.9 Å². The lowest BCUT2D eigenvalue weighted by molar-refractivity contribution is -0.857. The highest BCUT2D eigenvalue weighted by Crippen LogP contribution is 2.40. The fourth-order valence-corrected chi connectivity index (χ4v) is 4.32. The molecule has 0 spiro atoms. The van der Waals surface area contributed by atoms with E-state index in [4.69, 9.17) is 11.6 Å². The predicted octanol–water partition coefficient (Wildman–Crippen LogP) is 2.14. The summed E-state index contributed by atoms with van der Waals surface area (Å²) in [7, 11) is 3.97. The molecule has 0 radical (unpaired) electrons. The minimum atomic E-state index is -0.654. The number of likely N-dealkylation sites (N-methyl/N-ethyl adjacent to an activating group) is 1. The van der Waals surface area contributed by atoms with Crippen LogP contribution in [0, 0.1) is 13.8 Å². The highest BCUT2D eigenvalue weighted by molar-refractivity contribution is 7.14. The fourth-order valence-electron chi connectivity index (χ4n) is 3.32. The maximum Gasteiger partial charge on any atom is 0.290 e. The van der Waals surface area contributed by atoms with Crippen molar-refractivity contribution < 1.29 is 19.6 Å². The largest absolute Gasteiger partial charge is 0.503 e. The van der Waals surface area contributed by atoms with Crippen LogP contribution in [0.3, 0.4) is 0 Å². The smallest absolute Gasteiger partial charge is 0.290 e. The number of Topliss-reactive ketones (excluding diaryl/α,β-unsaturated/α-hetero) is 1. The molecule has 0 aliphatic carbocycles. The number of benzene rings is 1. The van der Waals surface area contributed by atoms with Gasteiger partial charge in [-0.2, -0.15) is 0 Å². The van der Waals surface area contributed by atoms with Gasteiger partial charge in [-0.3, -0.25) is 9.59 Å². The van der Waals surface area contributed by atoms with Gasteiger partial charge in [0, 0.05) is 5.02 Å². The fraction of sp³-hybridized carbons (Fsp3) is 0.350. The Labute approximate surface area is 173 Å². The molecule has 28 heavy (non-hydrogen) atoms. The summed E-state index contributed by atoms with van der Waals surface area (Å²) in [6.45, 7) is 4.68. The van der Waals surface area contributed by atoms with Gasteiger partial charge in [0.1, 0.15) is 0 Å². The van der Waals surface area contributed by atoms with Crippen LogP contribution in [0.1, 0.15) is 32.0 Å². The Hall–Kier alpha value is -2.22. The molecule has 0 saturated carbocycles. The Kier molecular flexibility index (Phi) is 5.88. The molecule has 1 atom stereocenters. The van der Waals surface area contributed by atoms with Crippen molar-refractivity contribution >= 4 is 34.6 Å². The van der Waals surface area contributed by atoms with Gasteiger partial charge in [0.2, 0.25) is 5.78 Å². The number of carbonyl (C=O) groups excluding carboxylic acids is 2. The summed E-state index contributed by atoms with van der Waals surface area (Å²) in [5.74, 6) is -1.36. The minimum absolute atomic E-state index is 0.104. The van der Waals surface area contributed by atoms with Crippen LogP contribution in [-0.4, -0.2) is 53.9 Å². The van der Waals surface area contributed by atoms with Gasteiger partial charge in [0.15, 0.2) is 5.76 Å². The van der Waals surface area contributed by atoms with Crippen LogP contribution in [0.4, 0.5) is 0 Å². The molecule has 0 fully saturated rings. The number of hydrogen-bond donors (Lipinski definition) is 2. The van der Waals surface area contributed by atoms with Crippen molar-refractivity contribution in [1.82, 2.24) is 9.88 Å². The van der Waals surface area contributed by atoms with Crippen molar-refractivity contribution in [1.29, 1.82) is 0 Å². The van der Waals surface area contributed by atoms with E-state index in [1.807, 2.05) is 21.0 Å². The molecule has 1 aromatic carbocycles. The van der Waals surface area contributed by atoms with Crippen LogP contribution < -0.4 is 4.90 Å². The number of aliphatic hydroxyl groups excluding tert-OH is 1. The maximum absolute atomic E-state index is 13.3. The third-order valence-corrected chi connectivity index (χ3v) is 6.02. The molecule has 1 aliphatic heterocycles. The first-order valence-corrected chi connectivity index (χ1v) is 10.2. The van der Waals surface area contributed by atoms with Crippen LogP contribution in [0.25, 0.3) is 0 Å². The van der Waals surface area contributed by atoms with Crippen LogP contribution in [0.2, 0.25) is 5.02 Å². The minimum Gasteiger partial charge on any atom is -0.503 e. The molecule has 1 amide bonds. The number of amides is 1. The Morgan fingerprint density at radius 2 is 1.93 bits per heavy atom. The Morgan fingerprint density at radius 1 is 1.29 bits per heavy atom. The molecule has 6 nitrogen and oxygen atoms in total. The average Bonchev–Trinajstić information content (AvgIpc) is 3.10. The topological polar surface area (TPSA) is 74.9 Å². The van der Waals surface area contributed by atoms with Crippen LogP contribution >= 0.6 is 22.9 Å². The number of aliphatic hydroxyl groups is 1. The molecular weight excluding hydrogens is 398 g/mol. The van der Waals surface area contributed by atoms with Gasteiger partial charge in [-0.25, -0.2) is 4.98 Å². The first-order valence-electron chi connectivity index (χ1n) is 8.98. The number of thiazole rings is 1. The summed E-state index contributed by atoms with van der Waals surface area (Å²) in [6.07, 6.45) is 0. The second-order valence-electron chi connectivity index (χ2n) is 7.15. The number of hydrogen-bond acceptors (Lipinski definition) is 5. The van der Waals surface area contributed by atoms with Gasteiger partial charge in [0.25, 0.3) is 5.91 Å². The number of nitrogens with zero attached hydrogens (tertiary/aromatic N) is 2. The lowest BCUT2D eigenvalue weighted by atomic mass is 9.95. The third kappa shape index (κ3) is 3.83. The van der Waals surface area contributed by atoms with Gasteiger partial charge in [-0.1, -0.05) is 23.7 Å². The molecule has 1 aromatic heterocycles. The molecule has 2 N–H and O–H groups in total. The van der Waals surface area contributed by atoms with Crippen molar-refractivity contribution in [2.75, 3.05) is 27.2 Å². The van der Waals surface area contributed by atoms with Gasteiger partial charge in [-0.15, -0.1) is 11.3 Å². The molecule has 3 rings (SSSR count). The van der Waals surface area contributed by atoms with E-state index in [0.29, 0.717) is 28.7 Å². The monoisotopic (exact) mass is 420 g/mol. The number of aryl methyl sites for hydroxylation is 2. The van der Waals surface area contributed by atoms with Gasteiger partial charge in [0.05, 0.1) is 54.4 Å². The summed E-state index contributed by atoms with van der Waals surface area (Å²) in [5, 5.41) is 12.0. The van der Waals surface area contributed by atoms with Crippen molar-refractivity contribution in [3.8, 4) is 0 Å². The van der Waals surface area contributed by atoms with E-state index in [9.17, 15) is 14.7 Å². The zero-order valence-corrected chi connectivity index (χ0v) is 17.8. The Balaban J connectivity index is 2.08. The maximum atomic E-state index is 13.3. The van der Waals surface area contributed by atoms with Crippen molar-refractivity contribution in [3.05, 3.63) is 61.8 Å². The number of aromatic nitrogens is 1. The molecule has 0 saturated heterocycles. The van der Waals surface area contributed by atoms with E-state index in [2.05, 4.69) is 4.98 Å². The van der Waals surface area contributed by atoms with Crippen LogP contribution in [0.5, 0.6) is 0 Å². The standard InChI is InChI=1S/C20H22ClN3O3S/c1-11-19(28-12(2)22-11)17(25)15-16(13-5-7-14(21)8-6-13)24(10-9-23(3)4)20(27)18(15)26/h5-8,16,26H,9-10H2,1-4H3/p+1/t16-/m0/s1. The van der Waals surface area contributed by atoms with Crippen molar-refractivity contribution in [2.24, 2.45) is 0 Å². The van der Waals surface area contributed by atoms with Gasteiger partial charge >= 0.3 is 0 Å². The molecule has 1 aliphatic rings. The number of rotatable bonds is 6. The number of quaternary nitrogens is 1. The predicted molar refractivity (Wildman–Crippen MR) is 109 cm³/mol. The van der Waals surface area contributed by atoms with E-state index in [-0.39, 0.29) is 11.4 Å². The second kappa shape index (κ2) is 8.03. The molecule has 8 heteroatoms. The van der Waals surface area contributed by atoms with E-state index in [0.717, 1.165) is 15.5 Å². The first kappa shape index (κ1) is 20.5. The molecular formula is C20H23ClN3O3S+. The Morgan fingerprint density at radius 3 is 2.46 bits per heavy atom. The van der Waals surface area contributed by atoms with E-state index in [1.165, 1.54) is 11.3 Å². The molecule has 2 aromatic rings. The highest BCUT2D eigenvalue weighted by Gasteiger charge is 2.44. The molecule has 148 valence electrons. The van der Waals surface area contributed by atoms with Crippen LogP contribution in [-0.2, 0) is 4.79 Å². The number of halogens is 1. The lowest BCUT2D eigenvalue weighted by Crippen LogP contribution is -3.06. The summed E-state index contributed by atoms with van der Waals surface area (Å²) in [6, 6.07) is 6.35. The summed E-state index contributed by atoms with van der Waals surface area (Å²) < 4.78 is 0. The van der Waals surface area contributed by atoms with E-state index in [1.54, 1.807) is 36.1 Å². The summed E-state index contributed by atoms with van der Waals surface area (Å²) in [5.41, 5.74) is 1.44. The lowest BCUT2D eigenvalue weighted by Gasteiger charge is -2.27. The molecule has 0 unspecified atom stereocenters. The Bertz CT molecular complexity index is 950. The first-order chi connectivity index (χ1) is 13.2. The molecule has 0 bridgehead atoms. The van der Waals surface area contributed by atoms with Gasteiger partial charge in [-0.05, 0) is 31.5 Å². The zero-order valence-electron chi connectivity index (χ0n) is 16.2. The number of nitrogens with one attached hydrogen (secondary N) is 1. The second-order valence-corrected chi connectivity index (χ2v) is 8.79. The number of carbonyl (C=O) groups is 2. The summed E-state index contributed by atoms with van der Waals surface area (Å²) >= 11 is 7.29. The quantitative estimate of drug-likeness (QED) is 0.702. The van der Waals surface area contributed by atoms with E-state index >= 15 is 0 Å². The SMILES string of the molecule is Cc1nc(C)c(C(=O)C2=C(O)C(=O)N(CC[NH+](C)C)[C@H]2c2ccc(Cl)cc2)s1. The highest BCUT2D eigenvalue weighted by atomic mass is 35.5. The number of ketones is 1. The third-order valence-electron chi connectivity index (χ3n) is 4.70. The normalized spacial score (nSPS) is 17.1. The van der Waals surface area contributed by atoms with Crippen LogP contribution in [0.15, 0.2) is 35.6 Å². The molecule has 2 heterocycles. The van der Waals surface area contributed by atoms with E-state index < -0.39 is 17.7 Å². The van der Waals surface area contributed by atoms with Crippen molar-refractivity contribution in [2.45, 2.75) is 19.9 Å². The zero-order chi connectivity index (χ0) is 20.6. The van der Waals surface area contributed by atoms with Crippen molar-refractivity contribution in [3.63, 3.8) is 0 Å². The average molecular weight is 421 g/mol.